The van der Waals surface area contributed by atoms with E-state index in [9.17, 15) is 28.0 Å². The Balaban J connectivity index is 1.50. The third-order valence-electron chi connectivity index (χ3n) is 8.13. The average Bonchev–Trinajstić information content (AvgIpc) is 3.62. The van der Waals surface area contributed by atoms with E-state index in [1.807, 2.05) is 55.7 Å². The third-order valence-corrected chi connectivity index (χ3v) is 8.13. The van der Waals surface area contributed by atoms with E-state index in [4.69, 9.17) is 15.5 Å². The highest BCUT2D eigenvalue weighted by atomic mass is 19.1. The fourth-order valence-corrected chi connectivity index (χ4v) is 5.67. The van der Waals surface area contributed by atoms with Crippen molar-refractivity contribution in [1.82, 2.24) is 24.7 Å². The molecule has 2 aromatic carbocycles. The van der Waals surface area contributed by atoms with Crippen LogP contribution in [0.5, 0.6) is 0 Å². The van der Waals surface area contributed by atoms with Crippen LogP contribution < -0.4 is 11.1 Å². The van der Waals surface area contributed by atoms with Crippen LogP contribution in [-0.4, -0.2) is 81.9 Å². The molecule has 0 saturated carbocycles. The van der Waals surface area contributed by atoms with Gasteiger partial charge < -0.3 is 25.3 Å². The second-order valence-electron chi connectivity index (χ2n) is 12.9. The molecule has 4 amide bonds. The Morgan fingerprint density at radius 3 is 2.39 bits per heavy atom. The first-order valence-electron chi connectivity index (χ1n) is 16.3. The minimum Gasteiger partial charge on any atom is -0.378 e. The fraction of sp³-hybridized carbons (Fsp3) is 0.417. The second kappa shape index (κ2) is 16.6. The monoisotopic (exact) mass is 678 g/mol. The van der Waals surface area contributed by atoms with E-state index in [1.54, 1.807) is 18.0 Å². The van der Waals surface area contributed by atoms with Crippen molar-refractivity contribution in [2.24, 2.45) is 11.1 Å². The maximum atomic E-state index is 15.0. The maximum Gasteiger partial charge on any atom is 0.253 e. The van der Waals surface area contributed by atoms with Gasteiger partial charge in [-0.15, -0.1) is 0 Å². The van der Waals surface area contributed by atoms with Crippen molar-refractivity contribution in [2.45, 2.75) is 59.2 Å². The topological polar surface area (TPSA) is 140 Å². The van der Waals surface area contributed by atoms with Gasteiger partial charge in [0.1, 0.15) is 17.5 Å². The molecule has 1 aromatic heterocycles. The highest BCUT2D eigenvalue weighted by Gasteiger charge is 2.38. The van der Waals surface area contributed by atoms with E-state index in [1.165, 1.54) is 12.2 Å². The number of imide groups is 1. The average molecular weight is 679 g/mol. The first-order valence-corrected chi connectivity index (χ1v) is 16.3. The van der Waals surface area contributed by atoms with E-state index >= 15 is 0 Å². The van der Waals surface area contributed by atoms with Gasteiger partial charge in [-0.3, -0.25) is 24.1 Å². The van der Waals surface area contributed by atoms with Crippen molar-refractivity contribution in [3.63, 3.8) is 0 Å². The van der Waals surface area contributed by atoms with Crippen molar-refractivity contribution in [2.75, 3.05) is 32.8 Å². The summed E-state index contributed by atoms with van der Waals surface area (Å²) in [6.45, 7) is 8.69. The highest BCUT2D eigenvalue weighted by Crippen LogP contribution is 2.40. The molecule has 3 N–H and O–H groups in total. The predicted octanol–water partition coefficient (Wildman–Crippen LogP) is 3.98. The summed E-state index contributed by atoms with van der Waals surface area (Å²) in [6, 6.07) is 11.2. The minimum absolute atomic E-state index is 0.00629. The molecule has 0 aliphatic carbocycles. The molecule has 1 aliphatic heterocycles. The summed E-state index contributed by atoms with van der Waals surface area (Å²) in [4.78, 5) is 57.3. The maximum absolute atomic E-state index is 15.0. The molecule has 3 aromatic rings. The number of nitrogens with two attached hydrogens (primary N) is 1. The first-order chi connectivity index (χ1) is 23.3. The number of carbonyl (C=O) groups excluding carboxylic acids is 4. The number of hydrogen-bond donors (Lipinski definition) is 2. The van der Waals surface area contributed by atoms with E-state index in [0.717, 1.165) is 28.7 Å². The van der Waals surface area contributed by atoms with Crippen LogP contribution in [0.2, 0.25) is 0 Å². The van der Waals surface area contributed by atoms with Crippen LogP contribution in [0.4, 0.5) is 8.78 Å². The number of nitrogens with one attached hydrogen (secondary N) is 1. The van der Waals surface area contributed by atoms with Gasteiger partial charge in [-0.1, -0.05) is 58.0 Å². The van der Waals surface area contributed by atoms with Crippen LogP contribution in [-0.2, 0) is 30.5 Å². The Bertz CT molecular complexity index is 1650. The lowest BCUT2D eigenvalue weighted by atomic mass is 9.84. The van der Waals surface area contributed by atoms with Gasteiger partial charge in [-0.2, -0.15) is 0 Å². The minimum atomic E-state index is -0.945. The lowest BCUT2D eigenvalue weighted by Crippen LogP contribution is -2.47. The zero-order valence-corrected chi connectivity index (χ0v) is 28.3. The summed E-state index contributed by atoms with van der Waals surface area (Å²) in [7, 11) is 0. The summed E-state index contributed by atoms with van der Waals surface area (Å²) in [5.41, 5.74) is 6.89. The second-order valence-corrected chi connectivity index (χ2v) is 12.9. The van der Waals surface area contributed by atoms with Gasteiger partial charge in [-0.25, -0.2) is 13.8 Å². The molecule has 0 fully saturated rings. The SMILES string of the molecule is CCC(=O)N(CC[C@H](N)C(=O)NCCOCCN1C(=O)C=CC1=O)[C@@H](c1nc(-c2cc(F)ccc2F)cn1Cc1ccccc1)C(C)(C)C. The van der Waals surface area contributed by atoms with E-state index in [0.29, 0.717) is 12.4 Å². The summed E-state index contributed by atoms with van der Waals surface area (Å²) in [6.07, 6.45) is 4.40. The molecule has 2 heterocycles. The normalized spacial score (nSPS) is 14.3. The number of carbonyl (C=O) groups is 4. The van der Waals surface area contributed by atoms with E-state index < -0.39 is 46.9 Å². The molecule has 0 radical (unpaired) electrons. The van der Waals surface area contributed by atoms with Gasteiger partial charge in [0.05, 0.1) is 37.5 Å². The Morgan fingerprint density at radius 1 is 1.04 bits per heavy atom. The number of imidazole rings is 1. The van der Waals surface area contributed by atoms with Gasteiger partial charge in [0, 0.05) is 50.0 Å². The Morgan fingerprint density at radius 2 is 1.73 bits per heavy atom. The molecule has 0 saturated heterocycles. The molecule has 4 rings (SSSR count). The Labute approximate surface area is 285 Å². The zero-order chi connectivity index (χ0) is 35.7. The van der Waals surface area contributed by atoms with Crippen LogP contribution in [0.15, 0.2) is 66.9 Å². The smallest absolute Gasteiger partial charge is 0.253 e. The standard InChI is InChI=1S/C36H44F2N6O5/c1-5-30(45)44(17-15-28(39)35(48)40-16-19-49-20-18-43-31(46)13-14-32(43)47)33(36(2,3)4)34-41-29(26-21-25(37)11-12-27(26)38)23-42(34)22-24-9-7-6-8-10-24/h6-14,21,23,28,33H,5,15-20,22,39H2,1-4H3,(H,40,48)/t28-,33-/m0/s1. The first kappa shape index (κ1) is 37.1. The summed E-state index contributed by atoms with van der Waals surface area (Å²) in [5.74, 6) is -2.13. The lowest BCUT2D eigenvalue weighted by molar-refractivity contribution is -0.138. The number of ether oxygens (including phenoxy) is 1. The summed E-state index contributed by atoms with van der Waals surface area (Å²) in [5, 5.41) is 2.72. The lowest BCUT2D eigenvalue weighted by Gasteiger charge is -2.40. The number of nitrogens with zero attached hydrogens (tertiary/aromatic N) is 4. The van der Waals surface area contributed by atoms with Crippen LogP contribution in [0.3, 0.4) is 0 Å². The van der Waals surface area contributed by atoms with Gasteiger partial charge in [0.25, 0.3) is 11.8 Å². The molecular weight excluding hydrogens is 634 g/mol. The van der Waals surface area contributed by atoms with Crippen molar-refractivity contribution in [1.29, 1.82) is 0 Å². The zero-order valence-electron chi connectivity index (χ0n) is 28.3. The van der Waals surface area contributed by atoms with Crippen molar-refractivity contribution in [3.05, 3.63) is 89.9 Å². The molecule has 11 nitrogen and oxygen atoms in total. The number of aromatic nitrogens is 2. The molecule has 1 aliphatic rings. The number of hydrogen-bond acceptors (Lipinski definition) is 7. The van der Waals surface area contributed by atoms with Crippen LogP contribution >= 0.6 is 0 Å². The summed E-state index contributed by atoms with van der Waals surface area (Å²) < 4.78 is 36.5. The quantitative estimate of drug-likeness (QED) is 0.173. The fourth-order valence-electron chi connectivity index (χ4n) is 5.67. The van der Waals surface area contributed by atoms with Gasteiger partial charge in [0.2, 0.25) is 11.8 Å². The number of benzene rings is 2. The molecule has 13 heteroatoms. The molecular formula is C36H44F2N6O5. The van der Waals surface area contributed by atoms with Gasteiger partial charge in [-0.05, 0) is 35.6 Å². The largest absolute Gasteiger partial charge is 0.378 e. The Hall–Kier alpha value is -4.75. The summed E-state index contributed by atoms with van der Waals surface area (Å²) >= 11 is 0. The molecule has 0 bridgehead atoms. The molecule has 0 unspecified atom stereocenters. The molecule has 262 valence electrons. The van der Waals surface area contributed by atoms with E-state index in [-0.39, 0.29) is 62.9 Å². The van der Waals surface area contributed by atoms with Gasteiger partial charge in [0.15, 0.2) is 0 Å². The highest BCUT2D eigenvalue weighted by molar-refractivity contribution is 6.12. The van der Waals surface area contributed by atoms with Crippen LogP contribution in [0, 0.1) is 17.0 Å². The van der Waals surface area contributed by atoms with E-state index in [2.05, 4.69) is 5.32 Å². The number of halogens is 2. The number of amides is 4. The third kappa shape index (κ3) is 9.67. The number of rotatable bonds is 16. The van der Waals surface area contributed by atoms with Crippen molar-refractivity contribution in [3.8, 4) is 11.3 Å². The molecule has 0 spiro atoms. The van der Waals surface area contributed by atoms with Crippen molar-refractivity contribution < 1.29 is 32.7 Å². The van der Waals surface area contributed by atoms with Crippen LogP contribution in [0.1, 0.15) is 58.0 Å². The Kier molecular flexibility index (Phi) is 12.5. The predicted molar refractivity (Wildman–Crippen MR) is 180 cm³/mol. The molecule has 49 heavy (non-hydrogen) atoms. The van der Waals surface area contributed by atoms with Crippen LogP contribution in [0.25, 0.3) is 11.3 Å². The van der Waals surface area contributed by atoms with Crippen molar-refractivity contribution >= 4 is 23.6 Å². The molecule has 2 atom stereocenters. The van der Waals surface area contributed by atoms with Gasteiger partial charge >= 0.3 is 0 Å².